The number of fused-ring (bicyclic) bond motifs is 1. The molecule has 0 aliphatic carbocycles. The van der Waals surface area contributed by atoms with Crippen molar-refractivity contribution in [1.82, 2.24) is 15.2 Å². The Balaban J connectivity index is 1.41. The minimum atomic E-state index is -4.64. The first kappa shape index (κ1) is 23.1. The Morgan fingerprint density at radius 2 is 2.09 bits per heavy atom. The Bertz CT molecular complexity index is 1100. The lowest BCUT2D eigenvalue weighted by atomic mass is 9.99. The van der Waals surface area contributed by atoms with Crippen molar-refractivity contribution < 1.29 is 27.5 Å². The molecule has 1 N–H and O–H groups in total. The number of pyridine rings is 1. The van der Waals surface area contributed by atoms with Crippen LogP contribution in [0.5, 0.6) is 0 Å². The van der Waals surface area contributed by atoms with Crippen LogP contribution in [0.15, 0.2) is 30.5 Å². The first-order valence-electron chi connectivity index (χ1n) is 10.1. The van der Waals surface area contributed by atoms with Gasteiger partial charge in [0.2, 0.25) is 5.91 Å². The topological polar surface area (TPSA) is 98.6 Å². The third-order valence-corrected chi connectivity index (χ3v) is 6.54. The fourth-order valence-electron chi connectivity index (χ4n) is 3.78. The fraction of sp³-hybridized carbons (Fsp3) is 0.429. The number of ether oxygens (including phenoxy) is 1. The number of halogens is 3. The number of nitrogens with zero attached hydrogens (tertiary/aromatic N) is 4. The molecule has 2 amide bonds. The van der Waals surface area contributed by atoms with E-state index in [1.807, 2.05) is 4.90 Å². The van der Waals surface area contributed by atoms with Crippen molar-refractivity contribution in [3.8, 4) is 6.07 Å². The highest BCUT2D eigenvalue weighted by atomic mass is 32.2. The molecule has 0 bridgehead atoms. The van der Waals surface area contributed by atoms with Crippen LogP contribution >= 0.6 is 11.8 Å². The summed E-state index contributed by atoms with van der Waals surface area (Å²) in [7, 11) is 0. The van der Waals surface area contributed by atoms with Crippen LogP contribution in [-0.2, 0) is 9.53 Å². The number of carbonyl (C=O) groups is 2. The number of thioether (sulfide) groups is 1. The van der Waals surface area contributed by atoms with Gasteiger partial charge in [0, 0.05) is 42.0 Å². The largest absolute Gasteiger partial charge is 0.522 e. The van der Waals surface area contributed by atoms with E-state index in [-0.39, 0.29) is 25.0 Å². The fourth-order valence-corrected chi connectivity index (χ4v) is 4.88. The summed E-state index contributed by atoms with van der Waals surface area (Å²) in [6, 6.07) is 8.44. The number of alkyl halides is 3. The summed E-state index contributed by atoms with van der Waals surface area (Å²) in [5, 5.41) is 12.3. The van der Waals surface area contributed by atoms with Crippen LogP contribution in [0.2, 0.25) is 0 Å². The second-order valence-corrected chi connectivity index (χ2v) is 8.78. The molecule has 2 aliphatic rings. The zero-order valence-electron chi connectivity index (χ0n) is 17.3. The van der Waals surface area contributed by atoms with E-state index in [2.05, 4.69) is 21.1 Å². The van der Waals surface area contributed by atoms with Crippen molar-refractivity contribution in [3.63, 3.8) is 0 Å². The van der Waals surface area contributed by atoms with Gasteiger partial charge in [0.25, 0.3) is 5.91 Å². The number of aromatic nitrogens is 1. The molecule has 8 nitrogen and oxygen atoms in total. The molecule has 0 spiro atoms. The Labute approximate surface area is 191 Å². The molecule has 2 saturated heterocycles. The number of nitriles is 1. The highest BCUT2D eigenvalue weighted by molar-refractivity contribution is 7.99. The van der Waals surface area contributed by atoms with E-state index >= 15 is 0 Å². The minimum Gasteiger partial charge on any atom is -0.371 e. The van der Waals surface area contributed by atoms with Crippen molar-refractivity contribution in [2.24, 2.45) is 5.92 Å². The van der Waals surface area contributed by atoms with Gasteiger partial charge in [-0.1, -0.05) is 0 Å². The molecule has 4 rings (SSSR count). The molecule has 12 heteroatoms. The van der Waals surface area contributed by atoms with Crippen molar-refractivity contribution in [2.45, 2.75) is 12.4 Å². The molecule has 2 fully saturated rings. The highest BCUT2D eigenvalue weighted by Crippen LogP contribution is 2.30. The van der Waals surface area contributed by atoms with Gasteiger partial charge in [-0.25, -0.2) is 0 Å². The summed E-state index contributed by atoms with van der Waals surface area (Å²) >= 11 is 1.49. The number of amides is 2. The SMILES string of the molecule is N#CC1CSCN1C(=O)CNC(=O)c1ccnc2ccc(N3CC(COC(F)(F)F)C3)cc12. The number of hydrogen-bond donors (Lipinski definition) is 1. The Morgan fingerprint density at radius 1 is 1.30 bits per heavy atom. The van der Waals surface area contributed by atoms with Crippen LogP contribution in [0.4, 0.5) is 18.9 Å². The second-order valence-electron chi connectivity index (χ2n) is 7.78. The van der Waals surface area contributed by atoms with Crippen molar-refractivity contribution in [1.29, 1.82) is 5.26 Å². The lowest BCUT2D eigenvalue weighted by Gasteiger charge is -2.41. The van der Waals surface area contributed by atoms with Gasteiger partial charge in [-0.15, -0.1) is 24.9 Å². The molecule has 1 aromatic carbocycles. The summed E-state index contributed by atoms with van der Waals surface area (Å²) in [4.78, 5) is 32.8. The molecule has 0 radical (unpaired) electrons. The zero-order chi connectivity index (χ0) is 23.6. The monoisotopic (exact) mass is 479 g/mol. The van der Waals surface area contributed by atoms with Gasteiger partial charge in [0.05, 0.1) is 36.2 Å². The van der Waals surface area contributed by atoms with Crippen LogP contribution in [-0.4, -0.2) is 72.0 Å². The third-order valence-electron chi connectivity index (χ3n) is 5.53. The maximum atomic E-state index is 12.8. The molecule has 1 unspecified atom stereocenters. The summed E-state index contributed by atoms with van der Waals surface area (Å²) in [5.41, 5.74) is 1.67. The smallest absolute Gasteiger partial charge is 0.371 e. The van der Waals surface area contributed by atoms with Crippen LogP contribution in [0, 0.1) is 17.2 Å². The summed E-state index contributed by atoms with van der Waals surface area (Å²) in [5.74, 6) is -0.0431. The van der Waals surface area contributed by atoms with E-state index in [1.54, 1.807) is 24.3 Å². The average Bonchev–Trinajstić information content (AvgIpc) is 3.24. The number of hydrogen-bond acceptors (Lipinski definition) is 7. The maximum absolute atomic E-state index is 12.8. The number of carbonyl (C=O) groups excluding carboxylic acids is 2. The van der Waals surface area contributed by atoms with Gasteiger partial charge < -0.3 is 15.1 Å². The lowest BCUT2D eigenvalue weighted by Crippen LogP contribution is -2.49. The molecule has 33 heavy (non-hydrogen) atoms. The van der Waals surface area contributed by atoms with Crippen molar-refractivity contribution >= 4 is 40.2 Å². The molecule has 2 aromatic rings. The van der Waals surface area contributed by atoms with Crippen molar-refractivity contribution in [3.05, 3.63) is 36.0 Å². The molecule has 1 aromatic heterocycles. The summed E-state index contributed by atoms with van der Waals surface area (Å²) < 4.78 is 40.5. The van der Waals surface area contributed by atoms with Gasteiger partial charge >= 0.3 is 6.36 Å². The van der Waals surface area contributed by atoms with Gasteiger partial charge in [0.15, 0.2) is 0 Å². The number of benzene rings is 1. The summed E-state index contributed by atoms with van der Waals surface area (Å²) in [6.07, 6.45) is -3.14. The number of anilines is 1. The Hall–Kier alpha value is -3.04. The molecular formula is C21H20F3N5O3S. The zero-order valence-corrected chi connectivity index (χ0v) is 18.2. The predicted molar refractivity (Wildman–Crippen MR) is 115 cm³/mol. The standard InChI is InChI=1S/C21H20F3N5O3S/c22-21(23,24)32-10-13-8-28(9-13)14-1-2-18-17(5-14)16(3-4-26-18)20(31)27-7-19(30)29-12-33-11-15(29)6-25/h1-5,13,15H,7-12H2,(H,27,31). The van der Waals surface area contributed by atoms with Gasteiger partial charge in [-0.3, -0.25) is 19.3 Å². The maximum Gasteiger partial charge on any atom is 0.522 e. The van der Waals surface area contributed by atoms with E-state index in [0.29, 0.717) is 41.2 Å². The van der Waals surface area contributed by atoms with Crippen LogP contribution in [0.25, 0.3) is 10.9 Å². The van der Waals surface area contributed by atoms with Crippen LogP contribution in [0.3, 0.4) is 0 Å². The van der Waals surface area contributed by atoms with Crippen molar-refractivity contribution in [2.75, 3.05) is 42.8 Å². The van der Waals surface area contributed by atoms with E-state index in [4.69, 9.17) is 5.26 Å². The van der Waals surface area contributed by atoms with Gasteiger partial charge in [-0.2, -0.15) is 5.26 Å². The summed E-state index contributed by atoms with van der Waals surface area (Å²) in [6.45, 7) is 0.199. The molecule has 2 aliphatic heterocycles. The quantitative estimate of drug-likeness (QED) is 0.679. The molecule has 174 valence electrons. The van der Waals surface area contributed by atoms with E-state index < -0.39 is 18.3 Å². The van der Waals surface area contributed by atoms with E-state index in [1.165, 1.54) is 22.9 Å². The predicted octanol–water partition coefficient (Wildman–Crippen LogP) is 2.36. The third kappa shape index (κ3) is 5.31. The van der Waals surface area contributed by atoms with Crippen LogP contribution < -0.4 is 10.2 Å². The van der Waals surface area contributed by atoms with Gasteiger partial charge in [-0.05, 0) is 24.3 Å². The molecule has 1 atom stereocenters. The Kier molecular flexibility index (Phi) is 6.62. The van der Waals surface area contributed by atoms with Crippen LogP contribution in [0.1, 0.15) is 10.4 Å². The van der Waals surface area contributed by atoms with Gasteiger partial charge in [0.1, 0.15) is 6.04 Å². The molecule has 3 heterocycles. The normalized spacial score (nSPS) is 18.8. The first-order valence-corrected chi connectivity index (χ1v) is 11.3. The minimum absolute atomic E-state index is 0.228. The number of rotatable bonds is 6. The molecular weight excluding hydrogens is 459 g/mol. The number of nitrogens with one attached hydrogen (secondary N) is 1. The second kappa shape index (κ2) is 9.44. The first-order chi connectivity index (χ1) is 15.7. The Morgan fingerprint density at radius 3 is 2.82 bits per heavy atom. The van der Waals surface area contributed by atoms with E-state index in [0.717, 1.165) is 5.69 Å². The lowest BCUT2D eigenvalue weighted by molar-refractivity contribution is -0.328. The average molecular weight is 479 g/mol. The molecule has 0 saturated carbocycles. The van der Waals surface area contributed by atoms with E-state index in [9.17, 15) is 22.8 Å². The highest BCUT2D eigenvalue weighted by Gasteiger charge is 2.34.